The van der Waals surface area contributed by atoms with E-state index in [1.54, 1.807) is 0 Å². The number of carbonyl (C=O) groups is 1. The Labute approximate surface area is 126 Å². The number of amides is 1. The van der Waals surface area contributed by atoms with Crippen molar-refractivity contribution in [3.8, 4) is 5.75 Å². The van der Waals surface area contributed by atoms with Crippen molar-refractivity contribution < 1.29 is 9.53 Å². The minimum Gasteiger partial charge on any atom is -0.493 e. The molecular formula is C17H24N2O2. The van der Waals surface area contributed by atoms with Gasteiger partial charge in [0.05, 0.1) is 6.61 Å². The van der Waals surface area contributed by atoms with Crippen molar-refractivity contribution in [2.75, 3.05) is 26.2 Å². The standard InChI is InChI=1S/C17H24N2O2/c1-2-19(12-15-5-3-4-9-18-15)17(20)14-6-7-16-13(11-14)8-10-21-16/h6-7,11,15,18H,2-5,8-10,12H2,1H3. The first-order valence-electron chi connectivity index (χ1n) is 8.06. The second-order valence-electron chi connectivity index (χ2n) is 5.91. The Kier molecular flexibility index (Phi) is 4.44. The summed E-state index contributed by atoms with van der Waals surface area (Å²) in [6, 6.07) is 6.27. The van der Waals surface area contributed by atoms with Crippen LogP contribution in [0.2, 0.25) is 0 Å². The fourth-order valence-corrected chi connectivity index (χ4v) is 3.20. The first-order valence-corrected chi connectivity index (χ1v) is 8.06. The van der Waals surface area contributed by atoms with Crippen LogP contribution in [-0.2, 0) is 6.42 Å². The number of carbonyl (C=O) groups excluding carboxylic acids is 1. The van der Waals surface area contributed by atoms with Gasteiger partial charge in [-0.15, -0.1) is 0 Å². The summed E-state index contributed by atoms with van der Waals surface area (Å²) < 4.78 is 5.51. The van der Waals surface area contributed by atoms with Crippen molar-refractivity contribution in [2.45, 2.75) is 38.6 Å². The largest absolute Gasteiger partial charge is 0.493 e. The van der Waals surface area contributed by atoms with Crippen LogP contribution in [0.15, 0.2) is 18.2 Å². The molecule has 4 heteroatoms. The fourth-order valence-electron chi connectivity index (χ4n) is 3.20. The van der Waals surface area contributed by atoms with Crippen molar-refractivity contribution in [1.82, 2.24) is 10.2 Å². The van der Waals surface area contributed by atoms with Gasteiger partial charge in [-0.25, -0.2) is 0 Å². The van der Waals surface area contributed by atoms with Gasteiger partial charge in [0.15, 0.2) is 0 Å². The number of rotatable bonds is 4. The predicted octanol–water partition coefficient (Wildman–Crippen LogP) is 2.23. The highest BCUT2D eigenvalue weighted by Crippen LogP contribution is 2.26. The molecule has 21 heavy (non-hydrogen) atoms. The minimum absolute atomic E-state index is 0.138. The zero-order chi connectivity index (χ0) is 14.7. The Balaban J connectivity index is 1.69. The second-order valence-corrected chi connectivity index (χ2v) is 5.91. The van der Waals surface area contributed by atoms with Crippen molar-refractivity contribution in [3.05, 3.63) is 29.3 Å². The summed E-state index contributed by atoms with van der Waals surface area (Å²) in [5, 5.41) is 3.52. The van der Waals surface area contributed by atoms with Crippen LogP contribution in [0.4, 0.5) is 0 Å². The monoisotopic (exact) mass is 288 g/mol. The smallest absolute Gasteiger partial charge is 0.253 e. The molecule has 2 heterocycles. The average Bonchev–Trinajstić information content (AvgIpc) is 3.00. The van der Waals surface area contributed by atoms with Gasteiger partial charge in [-0.1, -0.05) is 6.42 Å². The van der Waals surface area contributed by atoms with E-state index in [-0.39, 0.29) is 5.91 Å². The van der Waals surface area contributed by atoms with E-state index in [0.717, 1.165) is 49.5 Å². The second kappa shape index (κ2) is 6.48. The van der Waals surface area contributed by atoms with E-state index in [1.165, 1.54) is 19.3 Å². The Morgan fingerprint density at radius 1 is 1.43 bits per heavy atom. The molecule has 0 aromatic heterocycles. The third kappa shape index (κ3) is 3.21. The van der Waals surface area contributed by atoms with E-state index in [0.29, 0.717) is 6.04 Å². The number of fused-ring (bicyclic) bond motifs is 1. The number of ether oxygens (including phenoxy) is 1. The zero-order valence-corrected chi connectivity index (χ0v) is 12.7. The molecule has 0 saturated carbocycles. The molecule has 1 aromatic rings. The van der Waals surface area contributed by atoms with Crippen molar-refractivity contribution in [3.63, 3.8) is 0 Å². The Bertz CT molecular complexity index is 510. The normalized spacial score (nSPS) is 20.7. The molecule has 2 aliphatic heterocycles. The number of nitrogens with zero attached hydrogens (tertiary/aromatic N) is 1. The molecule has 1 fully saturated rings. The lowest BCUT2D eigenvalue weighted by molar-refractivity contribution is 0.0741. The van der Waals surface area contributed by atoms with Crippen molar-refractivity contribution in [1.29, 1.82) is 0 Å². The number of nitrogens with one attached hydrogen (secondary N) is 1. The minimum atomic E-state index is 0.138. The van der Waals surface area contributed by atoms with E-state index in [1.807, 2.05) is 23.1 Å². The summed E-state index contributed by atoms with van der Waals surface area (Å²) >= 11 is 0. The molecule has 0 bridgehead atoms. The molecule has 0 radical (unpaired) electrons. The summed E-state index contributed by atoms with van der Waals surface area (Å²) in [5.74, 6) is 1.07. The van der Waals surface area contributed by atoms with E-state index < -0.39 is 0 Å². The van der Waals surface area contributed by atoms with Gasteiger partial charge in [0, 0.05) is 31.1 Å². The Hall–Kier alpha value is -1.55. The molecule has 1 N–H and O–H groups in total. The van der Waals surface area contributed by atoms with Crippen molar-refractivity contribution >= 4 is 5.91 Å². The highest BCUT2D eigenvalue weighted by molar-refractivity contribution is 5.94. The maximum atomic E-state index is 12.7. The molecule has 0 aliphatic carbocycles. The van der Waals surface area contributed by atoms with Crippen LogP contribution in [0.25, 0.3) is 0 Å². The molecule has 1 aromatic carbocycles. The lowest BCUT2D eigenvalue weighted by Gasteiger charge is -2.30. The van der Waals surface area contributed by atoms with Crippen LogP contribution >= 0.6 is 0 Å². The number of likely N-dealkylation sites (N-methyl/N-ethyl adjacent to an activating group) is 1. The molecule has 1 atom stereocenters. The van der Waals surface area contributed by atoms with Gasteiger partial charge in [0.1, 0.15) is 5.75 Å². The predicted molar refractivity (Wildman–Crippen MR) is 82.9 cm³/mol. The molecule has 0 spiro atoms. The van der Waals surface area contributed by atoms with Gasteiger partial charge in [-0.2, -0.15) is 0 Å². The van der Waals surface area contributed by atoms with E-state index >= 15 is 0 Å². The number of benzene rings is 1. The first kappa shape index (κ1) is 14.4. The number of hydrogen-bond acceptors (Lipinski definition) is 3. The van der Waals surface area contributed by atoms with Gasteiger partial charge in [0.25, 0.3) is 5.91 Å². The van der Waals surface area contributed by atoms with E-state index in [9.17, 15) is 4.79 Å². The molecule has 2 aliphatic rings. The van der Waals surface area contributed by atoms with Gasteiger partial charge in [-0.3, -0.25) is 4.79 Å². The topological polar surface area (TPSA) is 41.6 Å². The van der Waals surface area contributed by atoms with Gasteiger partial charge < -0.3 is 15.0 Å². The number of hydrogen-bond donors (Lipinski definition) is 1. The van der Waals surface area contributed by atoms with Crippen LogP contribution in [-0.4, -0.2) is 43.1 Å². The van der Waals surface area contributed by atoms with Gasteiger partial charge in [-0.05, 0) is 50.1 Å². The quantitative estimate of drug-likeness (QED) is 0.923. The summed E-state index contributed by atoms with van der Waals surface area (Å²) in [5.41, 5.74) is 1.95. The highest BCUT2D eigenvalue weighted by Gasteiger charge is 2.22. The van der Waals surface area contributed by atoms with Gasteiger partial charge in [0.2, 0.25) is 0 Å². The number of piperidine rings is 1. The summed E-state index contributed by atoms with van der Waals surface area (Å²) in [4.78, 5) is 14.7. The zero-order valence-electron chi connectivity index (χ0n) is 12.7. The molecule has 1 unspecified atom stereocenters. The van der Waals surface area contributed by atoms with Crippen LogP contribution < -0.4 is 10.1 Å². The third-order valence-electron chi connectivity index (χ3n) is 4.46. The highest BCUT2D eigenvalue weighted by atomic mass is 16.5. The third-order valence-corrected chi connectivity index (χ3v) is 4.46. The van der Waals surface area contributed by atoms with Crippen LogP contribution in [0, 0.1) is 0 Å². The molecule has 1 amide bonds. The Morgan fingerprint density at radius 2 is 2.33 bits per heavy atom. The summed E-state index contributed by atoms with van der Waals surface area (Å²) in [7, 11) is 0. The molecule has 4 nitrogen and oxygen atoms in total. The SMILES string of the molecule is CCN(CC1CCCCN1)C(=O)c1ccc2c(c1)CCO2. The first-order chi connectivity index (χ1) is 10.3. The lowest BCUT2D eigenvalue weighted by Crippen LogP contribution is -2.45. The van der Waals surface area contributed by atoms with Crippen LogP contribution in [0.1, 0.15) is 42.1 Å². The summed E-state index contributed by atoms with van der Waals surface area (Å²) in [6.07, 6.45) is 4.59. The molecule has 114 valence electrons. The van der Waals surface area contributed by atoms with Gasteiger partial charge >= 0.3 is 0 Å². The van der Waals surface area contributed by atoms with Crippen LogP contribution in [0.5, 0.6) is 5.75 Å². The lowest BCUT2D eigenvalue weighted by atomic mass is 10.0. The molecular weight excluding hydrogens is 264 g/mol. The van der Waals surface area contributed by atoms with E-state index in [4.69, 9.17) is 4.74 Å². The molecule has 3 rings (SSSR count). The average molecular weight is 288 g/mol. The maximum absolute atomic E-state index is 12.7. The van der Waals surface area contributed by atoms with Crippen LogP contribution in [0.3, 0.4) is 0 Å². The fraction of sp³-hybridized carbons (Fsp3) is 0.588. The van der Waals surface area contributed by atoms with E-state index in [2.05, 4.69) is 12.2 Å². The summed E-state index contributed by atoms with van der Waals surface area (Å²) in [6.45, 7) is 5.42. The Morgan fingerprint density at radius 3 is 3.10 bits per heavy atom. The van der Waals surface area contributed by atoms with Crippen molar-refractivity contribution in [2.24, 2.45) is 0 Å². The maximum Gasteiger partial charge on any atom is 0.253 e. The molecule has 1 saturated heterocycles.